The smallest absolute Gasteiger partial charge is 0.146 e. The van der Waals surface area contributed by atoms with Crippen LogP contribution in [0.5, 0.6) is 5.75 Å². The second-order valence-electron chi connectivity index (χ2n) is 5.03. The van der Waals surface area contributed by atoms with Crippen LogP contribution in [0.4, 0.5) is 0 Å². The monoisotopic (exact) mass is 323 g/mol. The average molecular weight is 324 g/mol. The summed E-state index contributed by atoms with van der Waals surface area (Å²) in [4.78, 5) is 8.52. The number of nitrogens with one attached hydrogen (secondary N) is 1. The predicted octanol–water partition coefficient (Wildman–Crippen LogP) is 3.51. The van der Waals surface area contributed by atoms with Crippen molar-refractivity contribution in [3.63, 3.8) is 0 Å². The van der Waals surface area contributed by atoms with Gasteiger partial charge in [0.05, 0.1) is 11.9 Å². The van der Waals surface area contributed by atoms with Gasteiger partial charge in [0.1, 0.15) is 11.9 Å². The Morgan fingerprint density at radius 2 is 2.00 bits per heavy atom. The Morgan fingerprint density at radius 1 is 1.19 bits per heavy atom. The lowest BCUT2D eigenvalue weighted by Crippen LogP contribution is -2.22. The molecule has 1 N–H and O–H groups in total. The summed E-state index contributed by atoms with van der Waals surface area (Å²) in [7, 11) is 0. The summed E-state index contributed by atoms with van der Waals surface area (Å²) < 4.78 is 6.13. The number of hydrogen-bond acceptors (Lipinski definition) is 4. The van der Waals surface area contributed by atoms with Crippen molar-refractivity contribution < 1.29 is 4.74 Å². The Hall–Kier alpha value is -1.36. The van der Waals surface area contributed by atoms with Gasteiger partial charge in [-0.05, 0) is 31.2 Å². The summed E-state index contributed by atoms with van der Waals surface area (Å²) in [5.41, 5.74) is 0.822. The molecule has 6 heteroatoms. The number of halogens is 2. The van der Waals surface area contributed by atoms with E-state index in [4.69, 9.17) is 27.9 Å². The molecule has 3 rings (SSSR count). The summed E-state index contributed by atoms with van der Waals surface area (Å²) >= 11 is 12.1. The van der Waals surface area contributed by atoms with Crippen LogP contribution in [-0.4, -0.2) is 23.1 Å². The van der Waals surface area contributed by atoms with E-state index in [0.29, 0.717) is 21.7 Å². The van der Waals surface area contributed by atoms with Crippen molar-refractivity contribution in [1.29, 1.82) is 0 Å². The molecule has 0 aliphatic carbocycles. The maximum atomic E-state index is 6.13. The highest BCUT2D eigenvalue weighted by atomic mass is 35.5. The molecule has 0 spiro atoms. The van der Waals surface area contributed by atoms with Gasteiger partial charge >= 0.3 is 0 Å². The molecule has 0 saturated carbocycles. The number of ether oxygens (including phenoxy) is 1. The van der Waals surface area contributed by atoms with E-state index in [9.17, 15) is 0 Å². The molecule has 0 bridgehead atoms. The SMILES string of the molecule is Clc1cc(Cl)cc(OC(c2cnccn2)[C@H]2CCNC2)c1. The molecule has 1 aliphatic heterocycles. The topological polar surface area (TPSA) is 47.0 Å². The number of aromatic nitrogens is 2. The van der Waals surface area contributed by atoms with Crippen LogP contribution in [0.1, 0.15) is 18.2 Å². The summed E-state index contributed by atoms with van der Waals surface area (Å²) in [5.74, 6) is 0.995. The normalized spacial score (nSPS) is 19.4. The van der Waals surface area contributed by atoms with Crippen molar-refractivity contribution >= 4 is 23.2 Å². The van der Waals surface area contributed by atoms with Gasteiger partial charge in [-0.25, -0.2) is 0 Å². The zero-order chi connectivity index (χ0) is 14.7. The second kappa shape index (κ2) is 6.60. The van der Waals surface area contributed by atoms with Crippen LogP contribution in [0, 0.1) is 5.92 Å². The van der Waals surface area contributed by atoms with Crippen molar-refractivity contribution in [2.75, 3.05) is 13.1 Å². The van der Waals surface area contributed by atoms with Crippen LogP contribution < -0.4 is 10.1 Å². The largest absolute Gasteiger partial charge is 0.484 e. The summed E-state index contributed by atoms with van der Waals surface area (Å²) in [6.45, 7) is 1.89. The average Bonchev–Trinajstić information content (AvgIpc) is 2.98. The maximum absolute atomic E-state index is 6.13. The molecular formula is C15H15Cl2N3O. The molecule has 21 heavy (non-hydrogen) atoms. The number of rotatable bonds is 4. The summed E-state index contributed by atoms with van der Waals surface area (Å²) in [6, 6.07) is 5.21. The van der Waals surface area contributed by atoms with Crippen LogP contribution in [0.25, 0.3) is 0 Å². The minimum absolute atomic E-state index is 0.164. The molecule has 4 nitrogen and oxygen atoms in total. The van der Waals surface area contributed by atoms with Gasteiger partial charge in [0, 0.05) is 34.9 Å². The first-order valence-corrected chi connectivity index (χ1v) is 7.57. The van der Waals surface area contributed by atoms with Crippen LogP contribution in [0.15, 0.2) is 36.8 Å². The van der Waals surface area contributed by atoms with Gasteiger partial charge in [-0.3, -0.25) is 9.97 Å². The fraction of sp³-hybridized carbons (Fsp3) is 0.333. The van der Waals surface area contributed by atoms with Crippen molar-refractivity contribution in [1.82, 2.24) is 15.3 Å². The molecule has 110 valence electrons. The third-order valence-corrected chi connectivity index (χ3v) is 3.94. The first kappa shape index (κ1) is 14.6. The molecule has 1 aromatic carbocycles. The first-order valence-electron chi connectivity index (χ1n) is 6.82. The molecule has 2 aromatic rings. The molecule has 1 fully saturated rings. The minimum atomic E-state index is -0.164. The first-order chi connectivity index (χ1) is 10.2. The molecule has 1 saturated heterocycles. The zero-order valence-corrected chi connectivity index (χ0v) is 12.8. The Balaban J connectivity index is 1.88. The van der Waals surface area contributed by atoms with Crippen molar-refractivity contribution in [3.8, 4) is 5.75 Å². The van der Waals surface area contributed by atoms with Gasteiger partial charge in [0.2, 0.25) is 0 Å². The second-order valence-corrected chi connectivity index (χ2v) is 5.90. The lowest BCUT2D eigenvalue weighted by atomic mass is 9.99. The van der Waals surface area contributed by atoms with E-state index >= 15 is 0 Å². The Bertz CT molecular complexity index is 583. The molecular weight excluding hydrogens is 309 g/mol. The van der Waals surface area contributed by atoms with E-state index in [1.165, 1.54) is 0 Å². The van der Waals surface area contributed by atoms with Crippen molar-refractivity contribution in [2.45, 2.75) is 12.5 Å². The highest BCUT2D eigenvalue weighted by Crippen LogP contribution is 2.33. The van der Waals surface area contributed by atoms with Gasteiger partial charge < -0.3 is 10.1 Å². The van der Waals surface area contributed by atoms with Gasteiger partial charge in [0.25, 0.3) is 0 Å². The van der Waals surface area contributed by atoms with Crippen molar-refractivity contribution in [2.24, 2.45) is 5.92 Å². The Morgan fingerprint density at radius 3 is 2.62 bits per heavy atom. The summed E-state index contributed by atoms with van der Waals surface area (Å²) in [5, 5.41) is 4.46. The maximum Gasteiger partial charge on any atom is 0.146 e. The third-order valence-electron chi connectivity index (χ3n) is 3.50. The van der Waals surface area contributed by atoms with Crippen LogP contribution in [0.2, 0.25) is 10.0 Å². The number of hydrogen-bond donors (Lipinski definition) is 1. The standard InChI is InChI=1S/C15H15Cl2N3O/c16-11-5-12(17)7-13(6-11)21-15(10-1-2-18-8-10)14-9-19-3-4-20-14/h3-7,9-10,15,18H,1-2,8H2/t10-,15?/m0/s1. The van der Waals surface area contributed by atoms with Gasteiger partial charge in [-0.1, -0.05) is 23.2 Å². The molecule has 1 aliphatic rings. The fourth-order valence-corrected chi connectivity index (χ4v) is 3.04. The van der Waals surface area contributed by atoms with Gasteiger partial charge in [-0.15, -0.1) is 0 Å². The van der Waals surface area contributed by atoms with E-state index in [1.807, 2.05) is 0 Å². The Kier molecular flexibility index (Phi) is 4.58. The molecule has 2 heterocycles. The van der Waals surface area contributed by atoms with E-state index in [0.717, 1.165) is 25.2 Å². The highest BCUT2D eigenvalue weighted by molar-refractivity contribution is 6.34. The predicted molar refractivity (Wildman–Crippen MR) is 82.8 cm³/mol. The van der Waals surface area contributed by atoms with Crippen molar-refractivity contribution in [3.05, 3.63) is 52.5 Å². The highest BCUT2D eigenvalue weighted by Gasteiger charge is 2.29. The lowest BCUT2D eigenvalue weighted by Gasteiger charge is -2.23. The Labute approximate surface area is 133 Å². The van der Waals surface area contributed by atoms with Crippen LogP contribution in [-0.2, 0) is 0 Å². The molecule has 2 atom stereocenters. The fourth-order valence-electron chi connectivity index (χ4n) is 2.53. The zero-order valence-electron chi connectivity index (χ0n) is 11.3. The van der Waals surface area contributed by atoms with E-state index < -0.39 is 0 Å². The van der Waals surface area contributed by atoms with Crippen LogP contribution in [0.3, 0.4) is 0 Å². The van der Waals surface area contributed by atoms with Gasteiger partial charge in [0.15, 0.2) is 0 Å². The molecule has 0 radical (unpaired) electrons. The lowest BCUT2D eigenvalue weighted by molar-refractivity contribution is 0.139. The van der Waals surface area contributed by atoms with Gasteiger partial charge in [-0.2, -0.15) is 0 Å². The number of benzene rings is 1. The minimum Gasteiger partial charge on any atom is -0.484 e. The summed E-state index contributed by atoms with van der Waals surface area (Å²) in [6.07, 6.45) is 5.95. The van der Waals surface area contributed by atoms with E-state index in [1.54, 1.807) is 36.8 Å². The molecule has 0 amide bonds. The quantitative estimate of drug-likeness (QED) is 0.935. The third kappa shape index (κ3) is 3.64. The van der Waals surface area contributed by atoms with E-state index in [2.05, 4.69) is 15.3 Å². The van der Waals surface area contributed by atoms with E-state index in [-0.39, 0.29) is 6.10 Å². The van der Waals surface area contributed by atoms with Crippen LogP contribution >= 0.6 is 23.2 Å². The molecule has 1 unspecified atom stereocenters. The molecule has 1 aromatic heterocycles. The number of nitrogens with zero attached hydrogens (tertiary/aromatic N) is 2.